The zero-order valence-corrected chi connectivity index (χ0v) is 12.3. The predicted octanol–water partition coefficient (Wildman–Crippen LogP) is 1.78. The van der Waals surface area contributed by atoms with Crippen molar-refractivity contribution in [3.8, 4) is 0 Å². The summed E-state index contributed by atoms with van der Waals surface area (Å²) < 4.78 is 0. The van der Waals surface area contributed by atoms with Crippen molar-refractivity contribution < 1.29 is 4.79 Å². The van der Waals surface area contributed by atoms with Crippen molar-refractivity contribution in [2.24, 2.45) is 5.73 Å². The van der Waals surface area contributed by atoms with E-state index < -0.39 is 0 Å². The molecule has 1 aliphatic rings. The molecule has 0 atom stereocenters. The minimum absolute atomic E-state index is 0.0644. The van der Waals surface area contributed by atoms with Crippen molar-refractivity contribution in [2.45, 2.75) is 18.9 Å². The topological polar surface area (TPSA) is 84.1 Å². The van der Waals surface area contributed by atoms with Crippen molar-refractivity contribution in [1.82, 2.24) is 14.9 Å². The second-order valence-corrected chi connectivity index (χ2v) is 5.39. The molecule has 1 aromatic carbocycles. The van der Waals surface area contributed by atoms with Crippen LogP contribution in [0.1, 0.15) is 23.3 Å². The molecular formula is C16H19N5O. The fourth-order valence-electron chi connectivity index (χ4n) is 2.45. The summed E-state index contributed by atoms with van der Waals surface area (Å²) in [6.45, 7) is 1.37. The Hall–Kier alpha value is -2.47. The van der Waals surface area contributed by atoms with Gasteiger partial charge in [-0.2, -0.15) is 0 Å². The van der Waals surface area contributed by atoms with E-state index >= 15 is 0 Å². The molecule has 2 aromatic rings. The van der Waals surface area contributed by atoms with Gasteiger partial charge in [-0.25, -0.2) is 9.97 Å². The van der Waals surface area contributed by atoms with Gasteiger partial charge in [0.1, 0.15) is 5.69 Å². The normalized spacial score (nSPS) is 15.6. The second-order valence-electron chi connectivity index (χ2n) is 5.39. The number of piperidine rings is 1. The minimum Gasteiger partial charge on any atom is -0.337 e. The third kappa shape index (κ3) is 3.40. The van der Waals surface area contributed by atoms with Gasteiger partial charge in [0.05, 0.1) is 0 Å². The highest BCUT2D eigenvalue weighted by Crippen LogP contribution is 2.14. The van der Waals surface area contributed by atoms with E-state index in [0.717, 1.165) is 18.5 Å². The monoisotopic (exact) mass is 297 g/mol. The molecule has 6 heteroatoms. The van der Waals surface area contributed by atoms with E-state index in [1.807, 2.05) is 30.3 Å². The molecule has 3 N–H and O–H groups in total. The predicted molar refractivity (Wildman–Crippen MR) is 84.9 cm³/mol. The number of amides is 1. The Kier molecular flexibility index (Phi) is 4.29. The number of carbonyl (C=O) groups excluding carboxylic acids is 1. The van der Waals surface area contributed by atoms with Crippen molar-refractivity contribution in [3.63, 3.8) is 0 Å². The van der Waals surface area contributed by atoms with Crippen LogP contribution in [0.15, 0.2) is 42.6 Å². The number of anilines is 2. The Morgan fingerprint density at radius 1 is 1.18 bits per heavy atom. The van der Waals surface area contributed by atoms with Crippen LogP contribution in [0.2, 0.25) is 0 Å². The Morgan fingerprint density at radius 3 is 2.64 bits per heavy atom. The van der Waals surface area contributed by atoms with Crippen molar-refractivity contribution >= 4 is 17.5 Å². The summed E-state index contributed by atoms with van der Waals surface area (Å²) in [5.41, 5.74) is 7.16. The molecule has 1 saturated heterocycles. The summed E-state index contributed by atoms with van der Waals surface area (Å²) >= 11 is 0. The number of hydrogen-bond acceptors (Lipinski definition) is 5. The van der Waals surface area contributed by atoms with Gasteiger partial charge in [0.25, 0.3) is 5.91 Å². The third-order valence-corrected chi connectivity index (χ3v) is 3.73. The number of hydrogen-bond donors (Lipinski definition) is 2. The van der Waals surface area contributed by atoms with Crippen molar-refractivity contribution in [3.05, 3.63) is 48.3 Å². The van der Waals surface area contributed by atoms with Crippen LogP contribution < -0.4 is 11.1 Å². The maximum atomic E-state index is 12.5. The van der Waals surface area contributed by atoms with Crippen LogP contribution in [0.25, 0.3) is 0 Å². The van der Waals surface area contributed by atoms with Gasteiger partial charge in [-0.3, -0.25) is 4.79 Å². The lowest BCUT2D eigenvalue weighted by molar-refractivity contribution is 0.0708. The minimum atomic E-state index is -0.0644. The van der Waals surface area contributed by atoms with Crippen LogP contribution in [-0.4, -0.2) is 39.9 Å². The van der Waals surface area contributed by atoms with Gasteiger partial charge < -0.3 is 16.0 Å². The first-order valence-corrected chi connectivity index (χ1v) is 7.42. The SMILES string of the molecule is NC1CCN(C(=O)c2ccnc(Nc3ccccc3)n2)CC1. The first-order chi connectivity index (χ1) is 10.7. The van der Waals surface area contributed by atoms with E-state index in [-0.39, 0.29) is 11.9 Å². The molecule has 0 unspecified atom stereocenters. The van der Waals surface area contributed by atoms with Gasteiger partial charge in [-0.15, -0.1) is 0 Å². The van der Waals surface area contributed by atoms with E-state index in [0.29, 0.717) is 24.7 Å². The lowest BCUT2D eigenvalue weighted by Crippen LogP contribution is -2.43. The number of para-hydroxylation sites is 1. The van der Waals surface area contributed by atoms with Crippen molar-refractivity contribution in [1.29, 1.82) is 0 Å². The molecule has 2 heterocycles. The van der Waals surface area contributed by atoms with Gasteiger partial charge in [0.15, 0.2) is 0 Å². The zero-order chi connectivity index (χ0) is 15.4. The fraction of sp³-hybridized carbons (Fsp3) is 0.312. The van der Waals surface area contributed by atoms with E-state index in [4.69, 9.17) is 5.73 Å². The maximum absolute atomic E-state index is 12.5. The number of aromatic nitrogens is 2. The Balaban J connectivity index is 1.72. The van der Waals surface area contributed by atoms with E-state index in [9.17, 15) is 4.79 Å². The summed E-state index contributed by atoms with van der Waals surface area (Å²) in [6, 6.07) is 11.5. The van der Waals surface area contributed by atoms with E-state index in [1.165, 1.54) is 0 Å². The van der Waals surface area contributed by atoms with Crippen LogP contribution in [0.4, 0.5) is 11.6 Å². The molecule has 0 bridgehead atoms. The molecule has 6 nitrogen and oxygen atoms in total. The zero-order valence-electron chi connectivity index (χ0n) is 12.3. The smallest absolute Gasteiger partial charge is 0.272 e. The molecule has 0 spiro atoms. The molecular weight excluding hydrogens is 278 g/mol. The second kappa shape index (κ2) is 6.53. The number of benzene rings is 1. The lowest BCUT2D eigenvalue weighted by atomic mass is 10.1. The molecule has 22 heavy (non-hydrogen) atoms. The first-order valence-electron chi connectivity index (χ1n) is 7.42. The molecule has 0 aliphatic carbocycles. The quantitative estimate of drug-likeness (QED) is 0.902. The largest absolute Gasteiger partial charge is 0.337 e. The number of nitrogens with two attached hydrogens (primary N) is 1. The summed E-state index contributed by atoms with van der Waals surface area (Å²) in [7, 11) is 0. The van der Waals surface area contributed by atoms with Crippen LogP contribution in [-0.2, 0) is 0 Å². The number of nitrogens with one attached hydrogen (secondary N) is 1. The van der Waals surface area contributed by atoms with Gasteiger partial charge in [-0.1, -0.05) is 18.2 Å². The van der Waals surface area contributed by atoms with E-state index in [2.05, 4.69) is 15.3 Å². The Bertz CT molecular complexity index is 638. The molecule has 1 amide bonds. The molecule has 0 saturated carbocycles. The van der Waals surface area contributed by atoms with Crippen LogP contribution >= 0.6 is 0 Å². The Morgan fingerprint density at radius 2 is 1.91 bits per heavy atom. The van der Waals surface area contributed by atoms with E-state index in [1.54, 1.807) is 17.2 Å². The number of nitrogens with zero attached hydrogens (tertiary/aromatic N) is 3. The van der Waals surface area contributed by atoms with Crippen LogP contribution in [0.5, 0.6) is 0 Å². The maximum Gasteiger partial charge on any atom is 0.272 e. The van der Waals surface area contributed by atoms with Crippen LogP contribution in [0, 0.1) is 0 Å². The van der Waals surface area contributed by atoms with Crippen LogP contribution in [0.3, 0.4) is 0 Å². The molecule has 0 radical (unpaired) electrons. The first kappa shape index (κ1) is 14.5. The average Bonchev–Trinajstić information content (AvgIpc) is 2.56. The highest BCUT2D eigenvalue weighted by atomic mass is 16.2. The molecule has 1 aliphatic heterocycles. The fourth-order valence-corrected chi connectivity index (χ4v) is 2.45. The molecule has 1 fully saturated rings. The van der Waals surface area contributed by atoms with Gasteiger partial charge in [0.2, 0.25) is 5.95 Å². The van der Waals surface area contributed by atoms with Gasteiger partial charge >= 0.3 is 0 Å². The molecule has 3 rings (SSSR count). The Labute approximate surface area is 129 Å². The third-order valence-electron chi connectivity index (χ3n) is 3.73. The summed E-state index contributed by atoms with van der Waals surface area (Å²) in [5.74, 6) is 0.358. The summed E-state index contributed by atoms with van der Waals surface area (Å²) in [6.07, 6.45) is 3.28. The lowest BCUT2D eigenvalue weighted by Gasteiger charge is -2.29. The summed E-state index contributed by atoms with van der Waals surface area (Å²) in [5, 5.41) is 3.10. The summed E-state index contributed by atoms with van der Waals surface area (Å²) in [4.78, 5) is 22.8. The average molecular weight is 297 g/mol. The number of likely N-dealkylation sites (tertiary alicyclic amines) is 1. The molecule has 1 aromatic heterocycles. The van der Waals surface area contributed by atoms with Gasteiger partial charge in [-0.05, 0) is 31.0 Å². The standard InChI is InChI=1S/C16H19N5O/c17-12-7-10-21(11-8-12)15(22)14-6-9-18-16(20-14)19-13-4-2-1-3-5-13/h1-6,9,12H,7-8,10-11,17H2,(H,18,19,20). The van der Waals surface area contributed by atoms with Gasteiger partial charge in [0, 0.05) is 31.0 Å². The molecule has 114 valence electrons. The number of carbonyl (C=O) groups is 1. The highest BCUT2D eigenvalue weighted by Gasteiger charge is 2.22. The number of rotatable bonds is 3. The van der Waals surface area contributed by atoms with Crippen molar-refractivity contribution in [2.75, 3.05) is 18.4 Å². The highest BCUT2D eigenvalue weighted by molar-refractivity contribution is 5.92.